The van der Waals surface area contributed by atoms with E-state index in [9.17, 15) is 13.4 Å². The summed E-state index contributed by atoms with van der Waals surface area (Å²) in [5, 5.41) is 0. The van der Waals surface area contributed by atoms with Crippen LogP contribution in [0.25, 0.3) is 0 Å². The molecule has 17 heavy (non-hydrogen) atoms. The number of benzene rings is 1. The maximum absolute atomic E-state index is 13.0. The second-order valence-electron chi connectivity index (χ2n) is 3.81. The number of hydrogen-bond acceptors (Lipinski definition) is 3. The van der Waals surface area contributed by atoms with E-state index < -0.39 is 16.6 Å². The molecule has 0 aromatic heterocycles. The largest absolute Gasteiger partial charge is 0.399 e. The van der Waals surface area contributed by atoms with Crippen molar-refractivity contribution in [3.8, 4) is 0 Å². The van der Waals surface area contributed by atoms with E-state index in [-0.39, 0.29) is 23.8 Å². The minimum Gasteiger partial charge on any atom is -0.399 e. The number of nitrogens with two attached hydrogens (primary N) is 1. The fourth-order valence-electron chi connectivity index (χ4n) is 1.24. The summed E-state index contributed by atoms with van der Waals surface area (Å²) in [4.78, 5) is 13.0. The Bertz CT molecular complexity index is 429. The molecule has 2 N–H and O–H groups in total. The molecule has 1 amide bonds. The van der Waals surface area contributed by atoms with Gasteiger partial charge in [0, 0.05) is 36.9 Å². The summed E-state index contributed by atoms with van der Waals surface area (Å²) < 4.78 is 24.8. The first-order valence-electron chi connectivity index (χ1n) is 5.04. The Labute approximate surface area is 102 Å². The first-order chi connectivity index (χ1) is 7.90. The molecule has 94 valence electrons. The molecule has 0 radical (unpaired) electrons. The van der Waals surface area contributed by atoms with Crippen LogP contribution in [0.4, 0.5) is 10.1 Å². The third-order valence-corrected chi connectivity index (χ3v) is 3.49. The number of rotatable bonds is 4. The Kier molecular flexibility index (Phi) is 4.62. The zero-order chi connectivity index (χ0) is 13.0. The van der Waals surface area contributed by atoms with Crippen LogP contribution in [0.3, 0.4) is 0 Å². The van der Waals surface area contributed by atoms with Crippen LogP contribution in [-0.2, 0) is 15.6 Å². The molecule has 1 atom stereocenters. The van der Waals surface area contributed by atoms with Crippen LogP contribution in [0.2, 0.25) is 0 Å². The molecule has 0 bridgehead atoms. The molecule has 0 aliphatic rings. The zero-order valence-corrected chi connectivity index (χ0v) is 10.6. The standard InChI is InChI=1S/C11H15FN2O2S/c1-14(2)11(15)3-4-17(16)10-6-8(12)5-9(13)7-10/h5-7H,3-4,13H2,1-2H3. The molecule has 1 rings (SSSR count). The Balaban J connectivity index is 2.67. The highest BCUT2D eigenvalue weighted by Crippen LogP contribution is 2.15. The summed E-state index contributed by atoms with van der Waals surface area (Å²) in [5.41, 5.74) is 5.68. The van der Waals surface area contributed by atoms with E-state index in [0.717, 1.165) is 6.07 Å². The van der Waals surface area contributed by atoms with E-state index in [1.165, 1.54) is 17.0 Å². The van der Waals surface area contributed by atoms with Crippen LogP contribution in [0, 0.1) is 5.82 Å². The predicted molar refractivity (Wildman–Crippen MR) is 65.4 cm³/mol. The van der Waals surface area contributed by atoms with Gasteiger partial charge in [0.1, 0.15) is 5.82 Å². The summed E-state index contributed by atoms with van der Waals surface area (Å²) in [6.45, 7) is 0. The van der Waals surface area contributed by atoms with Gasteiger partial charge in [0.15, 0.2) is 0 Å². The Hall–Kier alpha value is -1.43. The second kappa shape index (κ2) is 5.77. The molecule has 0 heterocycles. The first-order valence-corrected chi connectivity index (χ1v) is 6.36. The summed E-state index contributed by atoms with van der Waals surface area (Å²) in [7, 11) is 1.85. The van der Waals surface area contributed by atoms with E-state index in [1.54, 1.807) is 14.1 Å². The Morgan fingerprint density at radius 2 is 2.06 bits per heavy atom. The van der Waals surface area contributed by atoms with Crippen LogP contribution >= 0.6 is 0 Å². The van der Waals surface area contributed by atoms with Crippen molar-refractivity contribution in [2.24, 2.45) is 0 Å². The quantitative estimate of drug-likeness (QED) is 0.819. The van der Waals surface area contributed by atoms with Gasteiger partial charge in [-0.05, 0) is 18.2 Å². The van der Waals surface area contributed by atoms with Crippen molar-refractivity contribution in [3.63, 3.8) is 0 Å². The molecule has 0 spiro atoms. The highest BCUT2D eigenvalue weighted by atomic mass is 32.2. The molecular formula is C11H15FN2O2S. The lowest BCUT2D eigenvalue weighted by molar-refractivity contribution is -0.128. The number of hydrogen-bond donors (Lipinski definition) is 1. The first kappa shape index (κ1) is 13.6. The summed E-state index contributed by atoms with van der Waals surface area (Å²) in [6, 6.07) is 3.79. The van der Waals surface area contributed by atoms with Crippen molar-refractivity contribution in [1.82, 2.24) is 4.90 Å². The van der Waals surface area contributed by atoms with Crippen LogP contribution < -0.4 is 5.73 Å². The van der Waals surface area contributed by atoms with Gasteiger partial charge >= 0.3 is 0 Å². The fraction of sp³-hybridized carbons (Fsp3) is 0.364. The fourth-order valence-corrected chi connectivity index (χ4v) is 2.34. The minimum absolute atomic E-state index is 0.109. The molecule has 0 saturated heterocycles. The van der Waals surface area contributed by atoms with Crippen LogP contribution in [0.15, 0.2) is 23.1 Å². The van der Waals surface area contributed by atoms with E-state index in [4.69, 9.17) is 5.73 Å². The number of halogens is 1. The van der Waals surface area contributed by atoms with Crippen LogP contribution in [-0.4, -0.2) is 34.9 Å². The second-order valence-corrected chi connectivity index (χ2v) is 5.38. The minimum atomic E-state index is -1.41. The van der Waals surface area contributed by atoms with Gasteiger partial charge in [0.25, 0.3) is 0 Å². The maximum atomic E-state index is 13.0. The predicted octanol–water partition coefficient (Wildman–Crippen LogP) is 0.994. The lowest BCUT2D eigenvalue weighted by Crippen LogP contribution is -2.23. The van der Waals surface area contributed by atoms with Gasteiger partial charge in [0.2, 0.25) is 5.91 Å². The molecule has 0 saturated carbocycles. The number of nitrogen functional groups attached to an aromatic ring is 1. The van der Waals surface area contributed by atoms with E-state index >= 15 is 0 Å². The summed E-state index contributed by atoms with van der Waals surface area (Å²) in [6.07, 6.45) is 0.163. The molecule has 1 aromatic rings. The van der Waals surface area contributed by atoms with E-state index in [2.05, 4.69) is 0 Å². The number of amides is 1. The average molecular weight is 258 g/mol. The van der Waals surface area contributed by atoms with E-state index in [0.29, 0.717) is 4.90 Å². The third-order valence-electron chi connectivity index (χ3n) is 2.16. The highest BCUT2D eigenvalue weighted by Gasteiger charge is 2.10. The SMILES string of the molecule is CN(C)C(=O)CCS(=O)c1cc(N)cc(F)c1. The molecule has 1 aromatic carbocycles. The van der Waals surface area contributed by atoms with Crippen LogP contribution in [0.1, 0.15) is 6.42 Å². The topological polar surface area (TPSA) is 63.4 Å². The number of nitrogens with zero attached hydrogens (tertiary/aromatic N) is 1. The Morgan fingerprint density at radius 1 is 1.41 bits per heavy atom. The molecule has 0 fully saturated rings. The van der Waals surface area contributed by atoms with Gasteiger partial charge < -0.3 is 10.6 Å². The normalized spacial score (nSPS) is 12.2. The molecule has 4 nitrogen and oxygen atoms in total. The number of anilines is 1. The molecule has 0 aliphatic heterocycles. The van der Waals surface area contributed by atoms with Crippen LogP contribution in [0.5, 0.6) is 0 Å². The molecular weight excluding hydrogens is 243 g/mol. The van der Waals surface area contributed by atoms with Crippen molar-refractivity contribution in [3.05, 3.63) is 24.0 Å². The van der Waals surface area contributed by atoms with Gasteiger partial charge in [-0.1, -0.05) is 0 Å². The molecule has 1 unspecified atom stereocenters. The van der Waals surface area contributed by atoms with Crippen molar-refractivity contribution >= 4 is 22.4 Å². The van der Waals surface area contributed by atoms with Gasteiger partial charge in [-0.3, -0.25) is 9.00 Å². The smallest absolute Gasteiger partial charge is 0.222 e. The molecule has 6 heteroatoms. The van der Waals surface area contributed by atoms with Gasteiger partial charge in [-0.15, -0.1) is 0 Å². The number of carbonyl (C=O) groups is 1. The third kappa shape index (κ3) is 4.14. The van der Waals surface area contributed by atoms with E-state index in [1.807, 2.05) is 0 Å². The maximum Gasteiger partial charge on any atom is 0.222 e. The van der Waals surface area contributed by atoms with Crippen molar-refractivity contribution < 1.29 is 13.4 Å². The van der Waals surface area contributed by atoms with Gasteiger partial charge in [0.05, 0.1) is 10.8 Å². The van der Waals surface area contributed by atoms with Gasteiger partial charge in [-0.2, -0.15) is 0 Å². The van der Waals surface area contributed by atoms with Gasteiger partial charge in [-0.25, -0.2) is 4.39 Å². The lowest BCUT2D eigenvalue weighted by atomic mass is 10.3. The zero-order valence-electron chi connectivity index (χ0n) is 9.77. The summed E-state index contributed by atoms with van der Waals surface area (Å²) in [5.74, 6) is -0.463. The Morgan fingerprint density at radius 3 is 2.59 bits per heavy atom. The lowest BCUT2D eigenvalue weighted by Gasteiger charge is -2.09. The highest BCUT2D eigenvalue weighted by molar-refractivity contribution is 7.85. The van der Waals surface area contributed by atoms with Crippen molar-refractivity contribution in [2.75, 3.05) is 25.6 Å². The number of carbonyl (C=O) groups excluding carboxylic acids is 1. The average Bonchev–Trinajstić information content (AvgIpc) is 2.23. The van der Waals surface area contributed by atoms with Crippen molar-refractivity contribution in [2.45, 2.75) is 11.3 Å². The molecule has 0 aliphatic carbocycles. The monoisotopic (exact) mass is 258 g/mol. The van der Waals surface area contributed by atoms with Crippen molar-refractivity contribution in [1.29, 1.82) is 0 Å². The summed E-state index contributed by atoms with van der Waals surface area (Å²) >= 11 is 0.